The Morgan fingerprint density at radius 2 is 1.69 bits per heavy atom. The van der Waals surface area contributed by atoms with Gasteiger partial charge in [0, 0.05) is 5.88 Å². The fraction of sp³-hybridized carbons (Fsp3) is 1.00. The molecule has 0 saturated heterocycles. The van der Waals surface area contributed by atoms with Gasteiger partial charge in [0.05, 0.1) is 0 Å². The van der Waals surface area contributed by atoms with Crippen LogP contribution in [0, 0.1) is 11.3 Å². The van der Waals surface area contributed by atoms with E-state index in [0.717, 1.165) is 11.8 Å². The summed E-state index contributed by atoms with van der Waals surface area (Å²) in [5, 5.41) is 0. The maximum absolute atomic E-state index is 6.08. The molecular formula is C12H21Cl. The Hall–Kier alpha value is 0.290. The first-order chi connectivity index (χ1) is 6.35. The van der Waals surface area contributed by atoms with Gasteiger partial charge in [0.15, 0.2) is 0 Å². The molecule has 0 aromatic heterocycles. The number of halogens is 1. The summed E-state index contributed by atoms with van der Waals surface area (Å²) in [6.07, 6.45) is 13.1. The second kappa shape index (κ2) is 4.21. The first-order valence-corrected chi connectivity index (χ1v) is 6.44. The highest BCUT2D eigenvalue weighted by atomic mass is 35.5. The zero-order chi connectivity index (χ0) is 9.15. The van der Waals surface area contributed by atoms with Crippen LogP contribution >= 0.6 is 11.6 Å². The summed E-state index contributed by atoms with van der Waals surface area (Å²) < 4.78 is 0. The first-order valence-electron chi connectivity index (χ1n) is 5.91. The summed E-state index contributed by atoms with van der Waals surface area (Å²) in [7, 11) is 0. The fourth-order valence-corrected chi connectivity index (χ4v) is 3.45. The molecule has 0 radical (unpaired) electrons. The Morgan fingerprint density at radius 1 is 1.00 bits per heavy atom. The molecule has 2 aliphatic carbocycles. The van der Waals surface area contributed by atoms with E-state index in [-0.39, 0.29) is 0 Å². The maximum atomic E-state index is 6.08. The standard InChI is InChI=1S/C12H21Cl/c13-10-12(7-4-8-12)9-11-5-2-1-3-6-11/h11H,1-10H2. The highest BCUT2D eigenvalue weighted by Gasteiger charge is 2.37. The van der Waals surface area contributed by atoms with Gasteiger partial charge in [-0.2, -0.15) is 0 Å². The Kier molecular flexibility index (Phi) is 3.18. The lowest BCUT2D eigenvalue weighted by Gasteiger charge is -2.43. The van der Waals surface area contributed by atoms with Crippen molar-refractivity contribution in [2.24, 2.45) is 11.3 Å². The zero-order valence-corrected chi connectivity index (χ0v) is 9.28. The van der Waals surface area contributed by atoms with Gasteiger partial charge in [-0.1, -0.05) is 38.5 Å². The molecule has 2 saturated carbocycles. The largest absolute Gasteiger partial charge is 0.126 e. The SMILES string of the molecule is ClCC1(CC2CCCCC2)CCC1. The van der Waals surface area contributed by atoms with Crippen molar-refractivity contribution in [3.63, 3.8) is 0 Å². The summed E-state index contributed by atoms with van der Waals surface area (Å²) >= 11 is 6.08. The third-order valence-electron chi connectivity index (χ3n) is 4.14. The van der Waals surface area contributed by atoms with Gasteiger partial charge in [-0.05, 0) is 30.6 Å². The van der Waals surface area contributed by atoms with Gasteiger partial charge >= 0.3 is 0 Å². The minimum Gasteiger partial charge on any atom is -0.126 e. The second-order valence-electron chi connectivity index (χ2n) is 5.20. The molecule has 0 aromatic rings. The molecule has 0 nitrogen and oxygen atoms in total. The summed E-state index contributed by atoms with van der Waals surface area (Å²) in [5.41, 5.74) is 0.587. The lowest BCUT2D eigenvalue weighted by atomic mass is 9.64. The smallest absolute Gasteiger partial charge is 0.0280 e. The Morgan fingerprint density at radius 3 is 2.15 bits per heavy atom. The molecule has 76 valence electrons. The average molecular weight is 201 g/mol. The molecule has 0 spiro atoms. The van der Waals surface area contributed by atoms with Crippen molar-refractivity contribution >= 4 is 11.6 Å². The first kappa shape index (κ1) is 9.83. The van der Waals surface area contributed by atoms with Crippen LogP contribution in [0.5, 0.6) is 0 Å². The van der Waals surface area contributed by atoms with Gasteiger partial charge in [0.25, 0.3) is 0 Å². The van der Waals surface area contributed by atoms with E-state index in [2.05, 4.69) is 0 Å². The molecule has 0 atom stereocenters. The summed E-state index contributed by atoms with van der Waals surface area (Å²) in [5.74, 6) is 1.94. The normalized spacial score (nSPS) is 28.4. The highest BCUT2D eigenvalue weighted by Crippen LogP contribution is 2.48. The van der Waals surface area contributed by atoms with Gasteiger partial charge in [0.2, 0.25) is 0 Å². The molecule has 0 amide bonds. The van der Waals surface area contributed by atoms with Crippen LogP contribution in [0.25, 0.3) is 0 Å². The third-order valence-corrected chi connectivity index (χ3v) is 4.71. The van der Waals surface area contributed by atoms with Crippen LogP contribution in [0.3, 0.4) is 0 Å². The topological polar surface area (TPSA) is 0 Å². The van der Waals surface area contributed by atoms with E-state index in [4.69, 9.17) is 11.6 Å². The van der Waals surface area contributed by atoms with Gasteiger partial charge in [-0.15, -0.1) is 11.6 Å². The molecule has 1 heteroatoms. The maximum Gasteiger partial charge on any atom is 0.0280 e. The van der Waals surface area contributed by atoms with E-state index in [1.54, 1.807) is 0 Å². The van der Waals surface area contributed by atoms with Crippen LogP contribution in [0.4, 0.5) is 0 Å². The van der Waals surface area contributed by atoms with E-state index in [1.807, 2.05) is 0 Å². The third kappa shape index (κ3) is 2.21. The molecule has 0 aromatic carbocycles. The van der Waals surface area contributed by atoms with Crippen LogP contribution in [-0.2, 0) is 0 Å². The lowest BCUT2D eigenvalue weighted by Crippen LogP contribution is -2.34. The molecule has 2 rings (SSSR count). The minimum atomic E-state index is 0.587. The summed E-state index contributed by atoms with van der Waals surface area (Å²) in [6.45, 7) is 0. The second-order valence-corrected chi connectivity index (χ2v) is 5.46. The monoisotopic (exact) mass is 200 g/mol. The molecule has 0 N–H and O–H groups in total. The van der Waals surface area contributed by atoms with Crippen molar-refractivity contribution < 1.29 is 0 Å². The van der Waals surface area contributed by atoms with Gasteiger partial charge in [-0.25, -0.2) is 0 Å². The zero-order valence-electron chi connectivity index (χ0n) is 8.53. The molecule has 2 aliphatic rings. The highest BCUT2D eigenvalue weighted by molar-refractivity contribution is 6.18. The van der Waals surface area contributed by atoms with E-state index >= 15 is 0 Å². The molecule has 0 aliphatic heterocycles. The molecule has 13 heavy (non-hydrogen) atoms. The quantitative estimate of drug-likeness (QED) is 0.594. The Bertz CT molecular complexity index is 149. The Labute approximate surface area is 87.0 Å². The number of hydrogen-bond acceptors (Lipinski definition) is 0. The van der Waals surface area contributed by atoms with Crippen LogP contribution in [0.15, 0.2) is 0 Å². The Balaban J connectivity index is 1.81. The fourth-order valence-electron chi connectivity index (χ4n) is 3.07. The van der Waals surface area contributed by atoms with Crippen LogP contribution < -0.4 is 0 Å². The van der Waals surface area contributed by atoms with Crippen molar-refractivity contribution in [1.82, 2.24) is 0 Å². The van der Waals surface area contributed by atoms with E-state index in [9.17, 15) is 0 Å². The van der Waals surface area contributed by atoms with Crippen molar-refractivity contribution in [3.05, 3.63) is 0 Å². The van der Waals surface area contributed by atoms with Crippen molar-refractivity contribution in [3.8, 4) is 0 Å². The number of rotatable bonds is 3. The van der Waals surface area contributed by atoms with E-state index in [1.165, 1.54) is 57.8 Å². The minimum absolute atomic E-state index is 0.587. The lowest BCUT2D eigenvalue weighted by molar-refractivity contribution is 0.107. The molecule has 2 fully saturated rings. The number of alkyl halides is 1. The average Bonchev–Trinajstić information content (AvgIpc) is 2.13. The molecule has 0 heterocycles. The van der Waals surface area contributed by atoms with Crippen molar-refractivity contribution in [1.29, 1.82) is 0 Å². The van der Waals surface area contributed by atoms with Gasteiger partial charge in [0.1, 0.15) is 0 Å². The van der Waals surface area contributed by atoms with Gasteiger partial charge < -0.3 is 0 Å². The molecule has 0 bridgehead atoms. The van der Waals surface area contributed by atoms with Crippen LogP contribution in [-0.4, -0.2) is 5.88 Å². The number of hydrogen-bond donors (Lipinski definition) is 0. The van der Waals surface area contributed by atoms with E-state index in [0.29, 0.717) is 5.41 Å². The summed E-state index contributed by atoms with van der Waals surface area (Å²) in [6, 6.07) is 0. The predicted molar refractivity (Wildman–Crippen MR) is 58.2 cm³/mol. The van der Waals surface area contributed by atoms with Crippen molar-refractivity contribution in [2.45, 2.75) is 57.8 Å². The van der Waals surface area contributed by atoms with Crippen LogP contribution in [0.2, 0.25) is 0 Å². The van der Waals surface area contributed by atoms with Crippen LogP contribution in [0.1, 0.15) is 57.8 Å². The molecule has 0 unspecified atom stereocenters. The predicted octanol–water partition coefficient (Wildman–Crippen LogP) is 4.37. The molecular weight excluding hydrogens is 180 g/mol. The van der Waals surface area contributed by atoms with Crippen molar-refractivity contribution in [2.75, 3.05) is 5.88 Å². The van der Waals surface area contributed by atoms with E-state index < -0.39 is 0 Å². The summed E-state index contributed by atoms with van der Waals surface area (Å²) in [4.78, 5) is 0. The van der Waals surface area contributed by atoms with Gasteiger partial charge in [-0.3, -0.25) is 0 Å².